The van der Waals surface area contributed by atoms with Crippen LogP contribution in [0.3, 0.4) is 0 Å². The van der Waals surface area contributed by atoms with Gasteiger partial charge in [0.1, 0.15) is 16.9 Å². The van der Waals surface area contributed by atoms with E-state index in [1.807, 2.05) is 86.9 Å². The van der Waals surface area contributed by atoms with Gasteiger partial charge in [-0.1, -0.05) is 152 Å². The Morgan fingerprint density at radius 2 is 0.883 bits per heavy atom. The summed E-state index contributed by atoms with van der Waals surface area (Å²) >= 11 is 0. The second-order valence-corrected chi connectivity index (χ2v) is 28.5. The van der Waals surface area contributed by atoms with Crippen LogP contribution in [0.4, 0.5) is 79.3 Å². The van der Waals surface area contributed by atoms with Gasteiger partial charge in [0.25, 0.3) is 22.4 Å². The lowest BCUT2D eigenvalue weighted by Crippen LogP contribution is -2.34. The number of hydrogen-bond acceptors (Lipinski definition) is 33. The highest BCUT2D eigenvalue weighted by Gasteiger charge is 2.49. The van der Waals surface area contributed by atoms with Crippen molar-refractivity contribution in [1.29, 1.82) is 0 Å². The molecule has 128 heavy (non-hydrogen) atoms. The van der Waals surface area contributed by atoms with Crippen LogP contribution in [0.25, 0.3) is 93.8 Å². The number of pyridine rings is 5. The Labute approximate surface area is 708 Å². The van der Waals surface area contributed by atoms with Crippen LogP contribution >= 0.6 is 0 Å². The minimum Gasteiger partial charge on any atom is -0.478 e. The van der Waals surface area contributed by atoms with Crippen molar-refractivity contribution in [1.82, 2.24) is 110 Å². The molecule has 0 bridgehead atoms. The maximum Gasteiger partial charge on any atom is 0.491 e. The summed E-state index contributed by atoms with van der Waals surface area (Å²) in [6.07, 6.45) is -14.7. The lowest BCUT2D eigenvalue weighted by Gasteiger charge is -2.14. The average molecular weight is 1790 g/mol. The van der Waals surface area contributed by atoms with E-state index in [2.05, 4.69) is 155 Å². The Bertz CT molecular complexity index is 7020. The molecule has 10 N–H and O–H groups in total. The number of esters is 3. The number of tetrazole rings is 5. The van der Waals surface area contributed by atoms with Gasteiger partial charge < -0.3 is 47.0 Å². The summed E-state index contributed by atoms with van der Waals surface area (Å²) in [5.41, 5.74) is 23.1. The van der Waals surface area contributed by atoms with Gasteiger partial charge in [-0.3, -0.25) is 35.1 Å². The van der Waals surface area contributed by atoms with E-state index in [9.17, 15) is 93.8 Å². The fourth-order valence-corrected chi connectivity index (χ4v) is 11.8. The van der Waals surface area contributed by atoms with Crippen LogP contribution < -0.4 is 38.0 Å². The molecule has 6 aromatic carbocycles. The number of hydrogen-bond donors (Lipinski definition) is 7. The van der Waals surface area contributed by atoms with Crippen LogP contribution in [0, 0.1) is 54.0 Å². The number of alkyl halides is 9. The van der Waals surface area contributed by atoms with Crippen LogP contribution in [0.5, 0.6) is 5.75 Å². The third kappa shape index (κ3) is 21.2. The van der Waals surface area contributed by atoms with E-state index >= 15 is 0 Å². The molecule has 0 aliphatic rings. The van der Waals surface area contributed by atoms with E-state index in [0.29, 0.717) is 64.1 Å². The predicted octanol–water partition coefficient (Wildman–Crippen LogP) is 11.3. The van der Waals surface area contributed by atoms with Gasteiger partial charge in [-0.05, 0) is 127 Å². The zero-order valence-electron chi connectivity index (χ0n) is 67.7. The summed E-state index contributed by atoms with van der Waals surface area (Å²) < 4.78 is 121. The molecule has 44 nitrogen and oxygen atoms in total. The van der Waals surface area contributed by atoms with E-state index < -0.39 is 85.4 Å². The third-order valence-corrected chi connectivity index (χ3v) is 17.4. The molecule has 0 spiro atoms. The van der Waals surface area contributed by atoms with Gasteiger partial charge in [0.15, 0.2) is 0 Å². The smallest absolute Gasteiger partial charge is 0.478 e. The molecule has 668 valence electrons. The molecule has 17 aromatic rings. The van der Waals surface area contributed by atoms with Gasteiger partial charge >= 0.3 is 59.5 Å². The first-order valence-corrected chi connectivity index (χ1v) is 37.4. The maximum absolute atomic E-state index is 12.4. The van der Waals surface area contributed by atoms with Gasteiger partial charge in [0.2, 0.25) is 17.0 Å². The topological polar surface area (TPSA) is 592 Å². The average Bonchev–Trinajstić information content (AvgIpc) is 1.56. The Balaban J connectivity index is 0.000000156. The number of aromatic nitrogens is 22. The van der Waals surface area contributed by atoms with Crippen LogP contribution in [-0.4, -0.2) is 192 Å². The van der Waals surface area contributed by atoms with Crippen molar-refractivity contribution in [2.24, 2.45) is 29.4 Å². The molecule has 0 amide bonds. The molecule has 0 saturated heterocycles. The van der Waals surface area contributed by atoms with E-state index in [0.717, 1.165) is 73.6 Å². The first-order chi connectivity index (χ1) is 60.6. The number of carboxylic acids is 1. The predicted molar refractivity (Wildman–Crippen MR) is 440 cm³/mol. The zero-order chi connectivity index (χ0) is 93.6. The van der Waals surface area contributed by atoms with E-state index in [1.165, 1.54) is 45.4 Å². The number of imidazole rings is 1. The highest BCUT2D eigenvalue weighted by molar-refractivity contribution is 6.08. The van der Waals surface area contributed by atoms with Crippen LogP contribution in [0.1, 0.15) is 65.7 Å². The van der Waals surface area contributed by atoms with Crippen LogP contribution in [-0.2, 0) is 25.7 Å². The first-order valence-electron chi connectivity index (χ1n) is 37.4. The summed E-state index contributed by atoms with van der Waals surface area (Å²) in [5, 5.41) is 106. The summed E-state index contributed by atoms with van der Waals surface area (Å²) in [5.74, 6) is -8.73. The van der Waals surface area contributed by atoms with Crippen LogP contribution in [0.2, 0.25) is 0 Å². The number of carbonyl (C=O) groups is 4. The molecule has 0 aliphatic carbocycles. The molecule has 53 heteroatoms. The fraction of sp³-hybridized carbons (Fsp3) is 0.253. The number of H-pyrrole nitrogens is 1. The zero-order valence-corrected chi connectivity index (χ0v) is 67.7. The monoisotopic (exact) mass is 1790 g/mol. The Morgan fingerprint density at radius 1 is 0.484 bits per heavy atom. The van der Waals surface area contributed by atoms with E-state index in [1.54, 1.807) is 45.4 Å². The van der Waals surface area contributed by atoms with Crippen molar-refractivity contribution < 1.29 is 88.0 Å². The van der Waals surface area contributed by atoms with Crippen molar-refractivity contribution in [3.05, 3.63) is 198 Å². The van der Waals surface area contributed by atoms with Gasteiger partial charge in [0.05, 0.1) is 76.2 Å². The van der Waals surface area contributed by atoms with Crippen LogP contribution in [0.15, 0.2) is 157 Å². The summed E-state index contributed by atoms with van der Waals surface area (Å²) in [7, 11) is 0. The Hall–Kier alpha value is -16.6. The van der Waals surface area contributed by atoms with Gasteiger partial charge in [-0.2, -0.15) is 62.8 Å². The number of rotatable bonds is 14. The number of nitro groups is 3. The van der Waals surface area contributed by atoms with Crippen molar-refractivity contribution in [3.8, 4) is 5.75 Å². The number of carbonyl (C=O) groups excluding carboxylic acids is 3. The third-order valence-electron chi connectivity index (χ3n) is 17.4. The molecule has 0 atom stereocenters. The second-order valence-electron chi connectivity index (χ2n) is 28.5. The molecule has 11 aromatic heterocycles. The molecule has 0 fully saturated rings. The number of para-hydroxylation sites is 6. The number of aromatic amines is 1. The molecule has 11 heterocycles. The number of nitrogens with zero attached hydrogens (tertiary/aromatic N) is 24. The number of nitrogen functional groups attached to an aromatic ring is 2. The summed E-state index contributed by atoms with van der Waals surface area (Å²) in [4.78, 5) is 88.6. The number of halogens is 9. The number of nitrogens with two attached hydrogens (primary N) is 3. The Kier molecular flexibility index (Phi) is 29.1. The largest absolute Gasteiger partial charge is 0.491 e. The Morgan fingerprint density at radius 3 is 1.34 bits per heavy atom. The van der Waals surface area contributed by atoms with Crippen molar-refractivity contribution >= 4 is 157 Å². The molecule has 0 radical (unpaired) electrons. The number of benzene rings is 6. The van der Waals surface area contributed by atoms with Gasteiger partial charge in [-0.25, -0.2) is 28.7 Å². The normalized spacial score (nSPS) is 11.4. The van der Waals surface area contributed by atoms with E-state index in [4.69, 9.17) is 22.3 Å². The molecule has 17 rings (SSSR count). The minimum atomic E-state index is -5.62. The quantitative estimate of drug-likeness (QED) is 0.0133. The lowest BCUT2D eigenvalue weighted by molar-refractivity contribution is -0.384. The number of anilines is 4. The number of ether oxygens (including phenoxy) is 2. The standard InChI is InChI=1S/C14H14N6.C13H14N6O2.C13H16N6.C11H4F3N5O4.C9H5N5O3.C7H7NO2.C4F6O3.C4H11N/c1-9(2)7-19-8-15-12-13(19)10-5-3-4-6-11(10)20-14(12)16-17-18-20;1-8(2)7-14-11-9-5-3-4-6-10(9)18-13(15-16-17-18)12(11)19(20)21;1-8(2)7-15-12-9-5-3-4-6-10(9)19-13(11(12)14)16-17-18-19;12-11(13,14)10(20)23-8-5-3-1-2-4-6(5)18-9(15-16-17-18)7(8)19(21)22;15-8-5-3-1-2-4-6(5)13-9(10-11-12-13)7(8)14(16)17;8-6-4-2-1-3-5(6)7(9)10;5-3(6,7)1(11)13-2(12)4(8,9)10;1-4(2)3-5/h3-6,8-9H,7H2,1-2H3;3-6,8,14H,7H2,1-2H3;3-6,8,15H,7,14H2,1-2H3;1-4H;1-4H,(H,10,12);1-4H,8H2,(H,9,10);;4H,3,5H2,1-2H3. The van der Waals surface area contributed by atoms with Gasteiger partial charge in [0, 0.05) is 41.5 Å². The van der Waals surface area contributed by atoms with Crippen molar-refractivity contribution in [2.75, 3.05) is 41.7 Å². The highest BCUT2D eigenvalue weighted by Crippen LogP contribution is 2.41. The summed E-state index contributed by atoms with van der Waals surface area (Å²) in [6.45, 7) is 20.2. The summed E-state index contributed by atoms with van der Waals surface area (Å²) in [6, 6.07) is 42.0. The van der Waals surface area contributed by atoms with Crippen molar-refractivity contribution in [2.45, 2.75) is 80.5 Å². The maximum atomic E-state index is 12.4. The minimum absolute atomic E-state index is 0.0845. The number of nitrogens with one attached hydrogen (secondary N) is 3. The molecule has 0 saturated carbocycles. The van der Waals surface area contributed by atoms with Gasteiger partial charge in [-0.15, -0.1) is 25.5 Å². The number of fused-ring (bicyclic) bond motifs is 18. The molecule has 0 aliphatic heterocycles. The highest BCUT2D eigenvalue weighted by atomic mass is 19.4. The number of carboxylic acid groups (broad SMARTS) is 1. The fourth-order valence-electron chi connectivity index (χ4n) is 11.8. The molecular formula is C75H71F9N30O14. The van der Waals surface area contributed by atoms with E-state index in [-0.39, 0.29) is 38.8 Å². The molecule has 0 unspecified atom stereocenters. The SMILES string of the molecule is CC(C)CN.CC(C)CNc1c(N)c2nnnn2c2ccccc12.CC(C)CNc1c([N+](=O)[O-])c2nnnn2c2ccccc12.CC(C)Cn1cnc2c1c1ccccc1n1nnnc21.Nc1ccccc1C(=O)O.O=C(OC(=O)C(F)(F)F)C(F)(F)F.O=C(Oc1c([N+](=O)[O-])c2nnnn2c2ccccc12)C(F)(F)F.O=c1c([N+](=O)[O-])c2nn[nH]n2c2ccccc12. The second kappa shape index (κ2) is 39.7. The van der Waals surface area contributed by atoms with Crippen molar-refractivity contribution in [3.63, 3.8) is 0 Å². The molecular weight excluding hydrogens is 1720 g/mol. The lowest BCUT2D eigenvalue weighted by atomic mass is 10.1. The number of aromatic carboxylic acids is 1. The first kappa shape index (κ1) is 93.7.